The van der Waals surface area contributed by atoms with Gasteiger partial charge in [0.15, 0.2) is 0 Å². The lowest BCUT2D eigenvalue weighted by Crippen LogP contribution is -2.43. The first kappa shape index (κ1) is 16.4. The molecule has 0 aromatic heterocycles. The third-order valence-electron chi connectivity index (χ3n) is 5.22. The van der Waals surface area contributed by atoms with E-state index in [2.05, 4.69) is 32.9 Å². The highest BCUT2D eigenvalue weighted by atomic mass is 35.5. The summed E-state index contributed by atoms with van der Waals surface area (Å²) in [6.07, 6.45) is 3.10. The quantitative estimate of drug-likeness (QED) is 0.818. The molecule has 1 aliphatic carbocycles. The Morgan fingerprint density at radius 1 is 1.29 bits per heavy atom. The molecule has 1 unspecified atom stereocenters. The minimum absolute atomic E-state index is 0.0307. The van der Waals surface area contributed by atoms with Crippen LogP contribution in [0.1, 0.15) is 45.6 Å². The van der Waals surface area contributed by atoms with E-state index in [1.165, 1.54) is 5.56 Å². The molecule has 1 aliphatic rings. The molecule has 1 fully saturated rings. The maximum absolute atomic E-state index is 11.4. The van der Waals surface area contributed by atoms with Crippen molar-refractivity contribution in [2.45, 2.75) is 50.8 Å². The first-order chi connectivity index (χ1) is 9.84. The standard InChI is InChI=1S/C18H25ClO2/c1-12-9-10-15(14(11-12)16(19)17(20)21)18(2,3)13-7-5-4-6-8-13/h4-8,12,14-16H,9-11H2,1-3H3,(H,20,21)/t12-,14-,15?,16+/m1/s1. The Morgan fingerprint density at radius 3 is 2.48 bits per heavy atom. The minimum atomic E-state index is -0.885. The second-order valence-electron chi connectivity index (χ2n) is 7.02. The predicted octanol–water partition coefficient (Wildman–Crippen LogP) is 4.71. The van der Waals surface area contributed by atoms with Crippen molar-refractivity contribution < 1.29 is 9.90 Å². The lowest BCUT2D eigenvalue weighted by molar-refractivity contribution is -0.138. The highest BCUT2D eigenvalue weighted by molar-refractivity contribution is 6.29. The van der Waals surface area contributed by atoms with Crippen molar-refractivity contribution >= 4 is 17.6 Å². The van der Waals surface area contributed by atoms with Gasteiger partial charge in [-0.2, -0.15) is 0 Å². The molecule has 1 saturated carbocycles. The van der Waals surface area contributed by atoms with Gasteiger partial charge in [-0.05, 0) is 41.6 Å². The van der Waals surface area contributed by atoms with E-state index in [0.29, 0.717) is 11.8 Å². The largest absolute Gasteiger partial charge is 0.480 e. The van der Waals surface area contributed by atoms with Crippen LogP contribution < -0.4 is 0 Å². The normalized spacial score (nSPS) is 28.1. The number of hydrogen-bond acceptors (Lipinski definition) is 1. The van der Waals surface area contributed by atoms with Gasteiger partial charge in [-0.1, -0.05) is 57.5 Å². The number of carboxylic acid groups (broad SMARTS) is 1. The van der Waals surface area contributed by atoms with Crippen molar-refractivity contribution in [3.63, 3.8) is 0 Å². The first-order valence-corrected chi connectivity index (χ1v) is 8.20. The van der Waals surface area contributed by atoms with Crippen molar-refractivity contribution in [1.29, 1.82) is 0 Å². The van der Waals surface area contributed by atoms with E-state index in [0.717, 1.165) is 19.3 Å². The summed E-state index contributed by atoms with van der Waals surface area (Å²) < 4.78 is 0. The van der Waals surface area contributed by atoms with Crippen molar-refractivity contribution in [3.8, 4) is 0 Å². The molecule has 2 rings (SSSR count). The number of rotatable bonds is 4. The van der Waals surface area contributed by atoms with Crippen LogP contribution >= 0.6 is 11.6 Å². The van der Waals surface area contributed by atoms with Gasteiger partial charge in [0.25, 0.3) is 0 Å². The molecule has 0 saturated heterocycles. The molecule has 0 amide bonds. The van der Waals surface area contributed by atoms with Crippen LogP contribution in [-0.4, -0.2) is 16.5 Å². The zero-order valence-corrected chi connectivity index (χ0v) is 13.8. The first-order valence-electron chi connectivity index (χ1n) is 7.76. The van der Waals surface area contributed by atoms with Crippen molar-refractivity contribution in [3.05, 3.63) is 35.9 Å². The molecule has 4 atom stereocenters. The predicted molar refractivity (Wildman–Crippen MR) is 86.7 cm³/mol. The van der Waals surface area contributed by atoms with Crippen LogP contribution in [0.5, 0.6) is 0 Å². The van der Waals surface area contributed by atoms with Gasteiger partial charge in [0.2, 0.25) is 0 Å². The van der Waals surface area contributed by atoms with Gasteiger partial charge in [0, 0.05) is 0 Å². The van der Waals surface area contributed by atoms with Crippen LogP contribution in [0.3, 0.4) is 0 Å². The van der Waals surface area contributed by atoms with Crippen LogP contribution in [0, 0.1) is 17.8 Å². The van der Waals surface area contributed by atoms with E-state index < -0.39 is 11.3 Å². The number of hydrogen-bond donors (Lipinski definition) is 1. The van der Waals surface area contributed by atoms with Gasteiger partial charge in [-0.3, -0.25) is 4.79 Å². The smallest absolute Gasteiger partial charge is 0.321 e. The van der Waals surface area contributed by atoms with Crippen LogP contribution in [0.25, 0.3) is 0 Å². The van der Waals surface area contributed by atoms with Gasteiger partial charge >= 0.3 is 5.97 Å². The molecule has 0 aliphatic heterocycles. The Labute approximate surface area is 132 Å². The molecule has 1 N–H and O–H groups in total. The van der Waals surface area contributed by atoms with E-state index >= 15 is 0 Å². The Balaban J connectivity index is 2.32. The summed E-state index contributed by atoms with van der Waals surface area (Å²) in [4.78, 5) is 11.4. The number of alkyl halides is 1. The van der Waals surface area contributed by atoms with Crippen molar-refractivity contribution in [2.75, 3.05) is 0 Å². The average molecular weight is 309 g/mol. The Morgan fingerprint density at radius 2 is 1.90 bits per heavy atom. The van der Waals surface area contributed by atoms with Gasteiger partial charge in [-0.15, -0.1) is 11.6 Å². The molecule has 21 heavy (non-hydrogen) atoms. The molecule has 3 heteroatoms. The monoisotopic (exact) mass is 308 g/mol. The van der Waals surface area contributed by atoms with Gasteiger partial charge < -0.3 is 5.11 Å². The highest BCUT2D eigenvalue weighted by Gasteiger charge is 2.44. The minimum Gasteiger partial charge on any atom is -0.480 e. The molecule has 1 aromatic rings. The fourth-order valence-electron chi connectivity index (χ4n) is 3.91. The molecule has 0 radical (unpaired) electrons. The van der Waals surface area contributed by atoms with Crippen molar-refractivity contribution in [1.82, 2.24) is 0 Å². The van der Waals surface area contributed by atoms with Crippen LogP contribution in [0.15, 0.2) is 30.3 Å². The second-order valence-corrected chi connectivity index (χ2v) is 7.49. The second kappa shape index (κ2) is 6.39. The number of benzene rings is 1. The van der Waals surface area contributed by atoms with Crippen LogP contribution in [0.2, 0.25) is 0 Å². The maximum atomic E-state index is 11.4. The molecule has 2 nitrogen and oxygen atoms in total. The van der Waals surface area contributed by atoms with E-state index in [-0.39, 0.29) is 11.3 Å². The van der Waals surface area contributed by atoms with Gasteiger partial charge in [0.05, 0.1) is 0 Å². The third kappa shape index (κ3) is 3.42. The molecule has 0 heterocycles. The van der Waals surface area contributed by atoms with Gasteiger partial charge in [-0.25, -0.2) is 0 Å². The maximum Gasteiger partial charge on any atom is 0.321 e. The molecular formula is C18H25ClO2. The topological polar surface area (TPSA) is 37.3 Å². The van der Waals surface area contributed by atoms with E-state index in [4.69, 9.17) is 11.6 Å². The molecule has 116 valence electrons. The SMILES string of the molecule is C[C@@H]1CCC(C(C)(C)c2ccccc2)[C@H]([C@H](Cl)C(=O)O)C1. The number of carboxylic acids is 1. The van der Waals surface area contributed by atoms with E-state index in [1.54, 1.807) is 0 Å². The summed E-state index contributed by atoms with van der Waals surface area (Å²) >= 11 is 6.25. The number of carbonyl (C=O) groups is 1. The lowest BCUT2D eigenvalue weighted by Gasteiger charge is -2.45. The summed E-state index contributed by atoms with van der Waals surface area (Å²) in [5.41, 5.74) is 1.21. The van der Waals surface area contributed by atoms with Gasteiger partial charge in [0.1, 0.15) is 5.38 Å². The van der Waals surface area contributed by atoms with Crippen LogP contribution in [0.4, 0.5) is 0 Å². The molecule has 0 spiro atoms. The summed E-state index contributed by atoms with van der Waals surface area (Å²) in [6, 6.07) is 10.4. The summed E-state index contributed by atoms with van der Waals surface area (Å²) in [5.74, 6) is 0.000810. The lowest BCUT2D eigenvalue weighted by atomic mass is 9.60. The molecule has 1 aromatic carbocycles. The van der Waals surface area contributed by atoms with Crippen molar-refractivity contribution in [2.24, 2.45) is 17.8 Å². The highest BCUT2D eigenvalue weighted by Crippen LogP contribution is 2.47. The van der Waals surface area contributed by atoms with E-state index in [9.17, 15) is 9.90 Å². The van der Waals surface area contributed by atoms with Crippen LogP contribution in [-0.2, 0) is 10.2 Å². The number of aliphatic carboxylic acids is 1. The Kier molecular flexibility index (Phi) is 4.98. The summed E-state index contributed by atoms with van der Waals surface area (Å²) in [6.45, 7) is 6.65. The fraction of sp³-hybridized carbons (Fsp3) is 0.611. The third-order valence-corrected chi connectivity index (χ3v) is 5.73. The molecular weight excluding hydrogens is 284 g/mol. The fourth-order valence-corrected chi connectivity index (χ4v) is 4.19. The molecule has 0 bridgehead atoms. The van der Waals surface area contributed by atoms with E-state index in [1.807, 2.05) is 18.2 Å². The Bertz CT molecular complexity index is 483. The summed E-state index contributed by atoms with van der Waals surface area (Å²) in [7, 11) is 0. The number of halogens is 1. The Hall–Kier alpha value is -1.02. The average Bonchev–Trinajstić information content (AvgIpc) is 2.47. The zero-order chi connectivity index (χ0) is 15.6. The summed E-state index contributed by atoms with van der Waals surface area (Å²) in [5, 5.41) is 8.55. The zero-order valence-electron chi connectivity index (χ0n) is 13.1.